The number of rotatable bonds is 2. The van der Waals surface area contributed by atoms with Crippen LogP contribution in [0.1, 0.15) is 24.8 Å². The van der Waals surface area contributed by atoms with Gasteiger partial charge in [-0.3, -0.25) is 0 Å². The van der Waals surface area contributed by atoms with Gasteiger partial charge in [-0.1, -0.05) is 17.7 Å². The number of benzene rings is 1. The molecule has 0 bridgehead atoms. The maximum atomic E-state index is 6.02. The van der Waals surface area contributed by atoms with Crippen molar-refractivity contribution >= 4 is 17.3 Å². The molecule has 2 unspecified atom stereocenters. The van der Waals surface area contributed by atoms with E-state index in [1.165, 1.54) is 12.0 Å². The van der Waals surface area contributed by atoms with Crippen LogP contribution < -0.4 is 11.1 Å². The number of anilines is 1. The molecule has 2 rings (SSSR count). The van der Waals surface area contributed by atoms with E-state index in [0.29, 0.717) is 6.04 Å². The van der Waals surface area contributed by atoms with Crippen LogP contribution in [0.3, 0.4) is 0 Å². The lowest BCUT2D eigenvalue weighted by atomic mass is 10.1. The summed E-state index contributed by atoms with van der Waals surface area (Å²) in [6.45, 7) is 2.08. The van der Waals surface area contributed by atoms with Gasteiger partial charge in [-0.15, -0.1) is 0 Å². The zero-order valence-corrected chi connectivity index (χ0v) is 9.72. The molecule has 1 saturated carbocycles. The van der Waals surface area contributed by atoms with Gasteiger partial charge in [0.25, 0.3) is 0 Å². The highest BCUT2D eigenvalue weighted by molar-refractivity contribution is 6.30. The molecule has 2 atom stereocenters. The van der Waals surface area contributed by atoms with Crippen molar-refractivity contribution in [3.05, 3.63) is 28.8 Å². The lowest BCUT2D eigenvalue weighted by molar-refractivity contribution is 0.637. The molecule has 1 aliphatic rings. The van der Waals surface area contributed by atoms with Gasteiger partial charge in [-0.25, -0.2) is 0 Å². The number of aryl methyl sites for hydroxylation is 1. The summed E-state index contributed by atoms with van der Waals surface area (Å²) in [6, 6.07) is 6.61. The Bertz CT molecular complexity index is 351. The van der Waals surface area contributed by atoms with Crippen molar-refractivity contribution < 1.29 is 0 Å². The number of hydrogen-bond donors (Lipinski definition) is 2. The fourth-order valence-electron chi connectivity index (χ4n) is 2.12. The number of halogens is 1. The van der Waals surface area contributed by atoms with Gasteiger partial charge in [0.05, 0.1) is 0 Å². The summed E-state index contributed by atoms with van der Waals surface area (Å²) in [4.78, 5) is 0. The van der Waals surface area contributed by atoms with Gasteiger partial charge < -0.3 is 11.1 Å². The molecule has 0 spiro atoms. The zero-order valence-electron chi connectivity index (χ0n) is 8.96. The van der Waals surface area contributed by atoms with Crippen molar-refractivity contribution in [1.82, 2.24) is 0 Å². The highest BCUT2D eigenvalue weighted by Gasteiger charge is 2.23. The second-order valence-corrected chi connectivity index (χ2v) is 4.74. The van der Waals surface area contributed by atoms with E-state index in [0.717, 1.165) is 23.6 Å². The van der Waals surface area contributed by atoms with Crippen LogP contribution in [0, 0.1) is 6.92 Å². The Morgan fingerprint density at radius 3 is 2.87 bits per heavy atom. The van der Waals surface area contributed by atoms with Crippen molar-refractivity contribution in [3.63, 3.8) is 0 Å². The van der Waals surface area contributed by atoms with E-state index in [1.807, 2.05) is 18.2 Å². The first-order chi connectivity index (χ1) is 7.16. The summed E-state index contributed by atoms with van der Waals surface area (Å²) in [5.41, 5.74) is 8.36. The number of nitrogens with one attached hydrogen (secondary N) is 1. The van der Waals surface area contributed by atoms with Gasteiger partial charge in [0.15, 0.2) is 0 Å². The molecule has 0 aliphatic heterocycles. The molecular formula is C12H17ClN2. The monoisotopic (exact) mass is 224 g/mol. The molecular weight excluding hydrogens is 208 g/mol. The van der Waals surface area contributed by atoms with Crippen LogP contribution in [0.25, 0.3) is 0 Å². The first-order valence-electron chi connectivity index (χ1n) is 5.45. The molecule has 2 nitrogen and oxygen atoms in total. The first kappa shape index (κ1) is 10.8. The Morgan fingerprint density at radius 1 is 1.40 bits per heavy atom. The minimum Gasteiger partial charge on any atom is -0.380 e. The molecule has 1 aliphatic carbocycles. The van der Waals surface area contributed by atoms with Crippen LogP contribution in [-0.4, -0.2) is 12.1 Å². The second-order valence-electron chi connectivity index (χ2n) is 4.30. The maximum absolute atomic E-state index is 6.02. The van der Waals surface area contributed by atoms with Gasteiger partial charge in [0, 0.05) is 22.8 Å². The van der Waals surface area contributed by atoms with E-state index in [4.69, 9.17) is 17.3 Å². The third-order valence-corrected chi connectivity index (χ3v) is 3.35. The third kappa shape index (κ3) is 2.44. The van der Waals surface area contributed by atoms with E-state index in [-0.39, 0.29) is 6.04 Å². The fourth-order valence-corrected chi connectivity index (χ4v) is 2.29. The van der Waals surface area contributed by atoms with E-state index >= 15 is 0 Å². The summed E-state index contributed by atoms with van der Waals surface area (Å²) >= 11 is 5.97. The zero-order chi connectivity index (χ0) is 10.8. The molecule has 3 heteroatoms. The Labute approximate surface area is 95.8 Å². The quantitative estimate of drug-likeness (QED) is 0.811. The molecule has 1 aromatic rings. The van der Waals surface area contributed by atoms with Crippen molar-refractivity contribution in [2.45, 2.75) is 38.3 Å². The summed E-state index contributed by atoms with van der Waals surface area (Å²) in [5.74, 6) is 0. The van der Waals surface area contributed by atoms with Gasteiger partial charge in [-0.2, -0.15) is 0 Å². The van der Waals surface area contributed by atoms with E-state index in [2.05, 4.69) is 12.2 Å². The molecule has 1 aromatic carbocycles. The van der Waals surface area contributed by atoms with Crippen LogP contribution >= 0.6 is 11.6 Å². The molecule has 0 saturated heterocycles. The Hall–Kier alpha value is -0.730. The SMILES string of the molecule is Cc1ccc(Cl)cc1NC1CCCC1N. The molecule has 82 valence electrons. The van der Waals surface area contributed by atoms with E-state index in [1.54, 1.807) is 0 Å². The molecule has 3 N–H and O–H groups in total. The average Bonchev–Trinajstić information content (AvgIpc) is 2.58. The third-order valence-electron chi connectivity index (χ3n) is 3.11. The minimum absolute atomic E-state index is 0.281. The van der Waals surface area contributed by atoms with E-state index in [9.17, 15) is 0 Å². The summed E-state index contributed by atoms with van der Waals surface area (Å²) in [6.07, 6.45) is 3.50. The van der Waals surface area contributed by atoms with Crippen molar-refractivity contribution in [3.8, 4) is 0 Å². The predicted octanol–water partition coefficient (Wildman–Crippen LogP) is 2.94. The standard InChI is InChI=1S/C12H17ClN2/c1-8-5-6-9(13)7-12(8)15-11-4-2-3-10(11)14/h5-7,10-11,15H,2-4,14H2,1H3. The normalized spacial score (nSPS) is 25.5. The van der Waals surface area contributed by atoms with Crippen molar-refractivity contribution in [2.75, 3.05) is 5.32 Å². The minimum atomic E-state index is 0.281. The molecule has 0 aromatic heterocycles. The average molecular weight is 225 g/mol. The first-order valence-corrected chi connectivity index (χ1v) is 5.83. The number of hydrogen-bond acceptors (Lipinski definition) is 2. The molecule has 0 radical (unpaired) electrons. The molecule has 15 heavy (non-hydrogen) atoms. The Balaban J connectivity index is 2.12. The van der Waals surface area contributed by atoms with Crippen molar-refractivity contribution in [2.24, 2.45) is 5.73 Å². The Kier molecular flexibility index (Phi) is 3.17. The molecule has 1 fully saturated rings. The van der Waals surface area contributed by atoms with Crippen LogP contribution in [0.2, 0.25) is 5.02 Å². The summed E-state index contributed by atoms with van der Waals surface area (Å²) in [5, 5.41) is 4.26. The van der Waals surface area contributed by atoms with Gasteiger partial charge in [0.2, 0.25) is 0 Å². The van der Waals surface area contributed by atoms with Gasteiger partial charge in [-0.05, 0) is 43.9 Å². The highest BCUT2D eigenvalue weighted by atomic mass is 35.5. The summed E-state index contributed by atoms with van der Waals surface area (Å²) in [7, 11) is 0. The van der Waals surface area contributed by atoms with Gasteiger partial charge >= 0.3 is 0 Å². The van der Waals surface area contributed by atoms with Gasteiger partial charge in [0.1, 0.15) is 0 Å². The lowest BCUT2D eigenvalue weighted by Gasteiger charge is -2.20. The largest absolute Gasteiger partial charge is 0.380 e. The smallest absolute Gasteiger partial charge is 0.0426 e. The van der Waals surface area contributed by atoms with Crippen LogP contribution in [0.15, 0.2) is 18.2 Å². The summed E-state index contributed by atoms with van der Waals surface area (Å²) < 4.78 is 0. The van der Waals surface area contributed by atoms with Crippen LogP contribution in [0.5, 0.6) is 0 Å². The highest BCUT2D eigenvalue weighted by Crippen LogP contribution is 2.25. The molecule has 0 heterocycles. The topological polar surface area (TPSA) is 38.0 Å². The second kappa shape index (κ2) is 4.42. The van der Waals surface area contributed by atoms with Crippen LogP contribution in [-0.2, 0) is 0 Å². The van der Waals surface area contributed by atoms with Crippen molar-refractivity contribution in [1.29, 1.82) is 0 Å². The lowest BCUT2D eigenvalue weighted by Crippen LogP contribution is -2.35. The Morgan fingerprint density at radius 2 is 2.20 bits per heavy atom. The number of nitrogens with two attached hydrogens (primary N) is 1. The van der Waals surface area contributed by atoms with E-state index < -0.39 is 0 Å². The van der Waals surface area contributed by atoms with Crippen LogP contribution in [0.4, 0.5) is 5.69 Å². The maximum Gasteiger partial charge on any atom is 0.0426 e. The molecule has 0 amide bonds. The predicted molar refractivity (Wildman–Crippen MR) is 65.4 cm³/mol. The fraction of sp³-hybridized carbons (Fsp3) is 0.500.